The second-order valence-electron chi connectivity index (χ2n) is 5.52. The largest absolute Gasteiger partial charge is 0.496 e. The molecular weight excluding hydrogens is 288 g/mol. The Bertz CT molecular complexity index is 639. The lowest BCUT2D eigenvalue weighted by Crippen LogP contribution is -2.19. The van der Waals surface area contributed by atoms with Crippen molar-refractivity contribution in [2.75, 3.05) is 34.4 Å². The summed E-state index contributed by atoms with van der Waals surface area (Å²) in [4.78, 5) is 6.51. The third kappa shape index (κ3) is 4.57. The van der Waals surface area contributed by atoms with Gasteiger partial charge in [0, 0.05) is 24.4 Å². The topological polar surface area (TPSA) is 34.6 Å². The summed E-state index contributed by atoms with van der Waals surface area (Å²) in [5.41, 5.74) is 2.93. The molecule has 0 bridgehead atoms. The van der Waals surface area contributed by atoms with Crippen molar-refractivity contribution in [2.45, 2.75) is 6.42 Å². The average molecular weight is 312 g/mol. The maximum absolute atomic E-state index is 5.94. The van der Waals surface area contributed by atoms with Gasteiger partial charge < -0.3 is 14.4 Å². The van der Waals surface area contributed by atoms with E-state index in [1.54, 1.807) is 13.3 Å². The number of rotatable bonds is 8. The highest BCUT2D eigenvalue weighted by atomic mass is 16.5. The minimum Gasteiger partial charge on any atom is -0.496 e. The SMILES string of the molecule is C=CCc1cc(-c2ccccn2)c(OC)cc1OCCN(C)C. The Balaban J connectivity index is 2.37. The maximum atomic E-state index is 5.94. The van der Waals surface area contributed by atoms with E-state index in [-0.39, 0.29) is 0 Å². The van der Waals surface area contributed by atoms with Gasteiger partial charge in [-0.3, -0.25) is 4.98 Å². The molecule has 0 unspecified atom stereocenters. The first kappa shape index (κ1) is 17.0. The van der Waals surface area contributed by atoms with Crippen LogP contribution >= 0.6 is 0 Å². The molecule has 1 heterocycles. The number of ether oxygens (including phenoxy) is 2. The quantitative estimate of drug-likeness (QED) is 0.700. The molecule has 0 saturated heterocycles. The van der Waals surface area contributed by atoms with E-state index in [0.717, 1.165) is 41.3 Å². The van der Waals surface area contributed by atoms with E-state index in [2.05, 4.69) is 22.5 Å². The second kappa shape index (κ2) is 8.34. The van der Waals surface area contributed by atoms with Gasteiger partial charge in [0.1, 0.15) is 18.1 Å². The van der Waals surface area contributed by atoms with Gasteiger partial charge in [-0.1, -0.05) is 12.1 Å². The number of pyridine rings is 1. The standard InChI is InChI=1S/C19H24N2O2/c1-5-8-15-13-16(17-9-6-7-10-20-17)19(22-4)14-18(15)23-12-11-21(2)3/h5-7,9-10,13-14H,1,8,11-12H2,2-4H3. The minimum absolute atomic E-state index is 0.628. The molecule has 0 aliphatic heterocycles. The predicted molar refractivity (Wildman–Crippen MR) is 94.2 cm³/mol. The molecule has 0 N–H and O–H groups in total. The Morgan fingerprint density at radius 3 is 2.65 bits per heavy atom. The Morgan fingerprint density at radius 1 is 1.22 bits per heavy atom. The molecule has 1 aromatic heterocycles. The molecule has 122 valence electrons. The van der Waals surface area contributed by atoms with Crippen LogP contribution in [0.25, 0.3) is 11.3 Å². The summed E-state index contributed by atoms with van der Waals surface area (Å²) >= 11 is 0. The van der Waals surface area contributed by atoms with Gasteiger partial charge in [0.15, 0.2) is 0 Å². The highest BCUT2D eigenvalue weighted by molar-refractivity contribution is 5.70. The summed E-state index contributed by atoms with van der Waals surface area (Å²) in [5, 5.41) is 0. The smallest absolute Gasteiger partial charge is 0.131 e. The molecule has 0 radical (unpaired) electrons. The van der Waals surface area contributed by atoms with E-state index >= 15 is 0 Å². The van der Waals surface area contributed by atoms with Crippen molar-refractivity contribution in [3.63, 3.8) is 0 Å². The van der Waals surface area contributed by atoms with Gasteiger partial charge in [0.2, 0.25) is 0 Å². The zero-order valence-electron chi connectivity index (χ0n) is 14.1. The lowest BCUT2D eigenvalue weighted by atomic mass is 10.0. The second-order valence-corrected chi connectivity index (χ2v) is 5.52. The van der Waals surface area contributed by atoms with Gasteiger partial charge in [0.05, 0.1) is 12.8 Å². The Hall–Kier alpha value is -2.33. The Morgan fingerprint density at radius 2 is 2.04 bits per heavy atom. The van der Waals surface area contributed by atoms with Gasteiger partial charge >= 0.3 is 0 Å². The van der Waals surface area contributed by atoms with E-state index in [4.69, 9.17) is 9.47 Å². The summed E-state index contributed by atoms with van der Waals surface area (Å²) in [7, 11) is 5.72. The van der Waals surface area contributed by atoms with Crippen molar-refractivity contribution >= 4 is 0 Å². The highest BCUT2D eigenvalue weighted by Gasteiger charge is 2.13. The summed E-state index contributed by atoms with van der Waals surface area (Å²) in [6.45, 7) is 5.33. The molecule has 0 aliphatic rings. The number of allylic oxidation sites excluding steroid dienone is 1. The van der Waals surface area contributed by atoms with Gasteiger partial charge in [-0.05, 0) is 44.3 Å². The molecule has 2 rings (SSSR count). The first-order chi connectivity index (χ1) is 11.2. The lowest BCUT2D eigenvalue weighted by Gasteiger charge is -2.17. The van der Waals surface area contributed by atoms with Crippen LogP contribution in [0, 0.1) is 0 Å². The average Bonchev–Trinajstić information content (AvgIpc) is 2.56. The van der Waals surface area contributed by atoms with Crippen molar-refractivity contribution in [3.8, 4) is 22.8 Å². The third-order valence-corrected chi connectivity index (χ3v) is 3.48. The molecule has 0 saturated carbocycles. The van der Waals surface area contributed by atoms with Crippen LogP contribution < -0.4 is 9.47 Å². The highest BCUT2D eigenvalue weighted by Crippen LogP contribution is 2.35. The molecule has 0 amide bonds. The molecule has 0 aliphatic carbocycles. The lowest BCUT2D eigenvalue weighted by molar-refractivity contribution is 0.259. The molecule has 0 fully saturated rings. The number of methoxy groups -OCH3 is 1. The molecule has 23 heavy (non-hydrogen) atoms. The summed E-state index contributed by atoms with van der Waals surface area (Å²) in [6, 6.07) is 9.87. The third-order valence-electron chi connectivity index (χ3n) is 3.48. The van der Waals surface area contributed by atoms with Crippen molar-refractivity contribution in [2.24, 2.45) is 0 Å². The Kier molecular flexibility index (Phi) is 6.18. The van der Waals surface area contributed by atoms with Crippen LogP contribution in [0.5, 0.6) is 11.5 Å². The van der Waals surface area contributed by atoms with Gasteiger partial charge in [-0.25, -0.2) is 0 Å². The molecule has 4 nitrogen and oxygen atoms in total. The number of hydrogen-bond donors (Lipinski definition) is 0. The fraction of sp³-hybridized carbons (Fsp3) is 0.316. The normalized spacial score (nSPS) is 10.6. The molecule has 2 aromatic rings. The van der Waals surface area contributed by atoms with Crippen LogP contribution in [0.1, 0.15) is 5.56 Å². The zero-order chi connectivity index (χ0) is 16.7. The maximum Gasteiger partial charge on any atom is 0.131 e. The predicted octanol–water partition coefficient (Wildman–Crippen LogP) is 3.43. The minimum atomic E-state index is 0.628. The van der Waals surface area contributed by atoms with E-state index < -0.39 is 0 Å². The number of hydrogen-bond acceptors (Lipinski definition) is 4. The first-order valence-electron chi connectivity index (χ1n) is 7.66. The van der Waals surface area contributed by atoms with E-state index in [1.807, 2.05) is 44.4 Å². The van der Waals surface area contributed by atoms with Crippen LogP contribution in [0.15, 0.2) is 49.2 Å². The van der Waals surface area contributed by atoms with Crippen LogP contribution in [-0.4, -0.2) is 44.2 Å². The number of aromatic nitrogens is 1. The van der Waals surface area contributed by atoms with Crippen LogP contribution in [0.3, 0.4) is 0 Å². The number of benzene rings is 1. The van der Waals surface area contributed by atoms with Crippen LogP contribution in [0.4, 0.5) is 0 Å². The first-order valence-corrected chi connectivity index (χ1v) is 7.66. The van der Waals surface area contributed by atoms with E-state index in [1.165, 1.54) is 0 Å². The molecule has 4 heteroatoms. The van der Waals surface area contributed by atoms with Crippen molar-refractivity contribution in [1.82, 2.24) is 9.88 Å². The molecule has 0 atom stereocenters. The monoisotopic (exact) mass is 312 g/mol. The van der Waals surface area contributed by atoms with Crippen molar-refractivity contribution in [1.29, 1.82) is 0 Å². The number of likely N-dealkylation sites (N-methyl/N-ethyl adjacent to an activating group) is 1. The summed E-state index contributed by atoms with van der Waals surface area (Å²) in [5.74, 6) is 1.60. The zero-order valence-corrected chi connectivity index (χ0v) is 14.1. The van der Waals surface area contributed by atoms with Gasteiger partial charge in [0.25, 0.3) is 0 Å². The molecule has 0 spiro atoms. The Labute approximate surface area is 138 Å². The van der Waals surface area contributed by atoms with Crippen LogP contribution in [-0.2, 0) is 6.42 Å². The van der Waals surface area contributed by atoms with E-state index in [9.17, 15) is 0 Å². The molecular formula is C19H24N2O2. The van der Waals surface area contributed by atoms with Crippen LogP contribution in [0.2, 0.25) is 0 Å². The van der Waals surface area contributed by atoms with Crippen molar-refractivity contribution in [3.05, 3.63) is 54.7 Å². The summed E-state index contributed by atoms with van der Waals surface area (Å²) in [6.07, 6.45) is 4.40. The number of nitrogens with zero attached hydrogens (tertiary/aromatic N) is 2. The van der Waals surface area contributed by atoms with Crippen molar-refractivity contribution < 1.29 is 9.47 Å². The van der Waals surface area contributed by atoms with Gasteiger partial charge in [-0.15, -0.1) is 6.58 Å². The fourth-order valence-corrected chi connectivity index (χ4v) is 2.28. The van der Waals surface area contributed by atoms with E-state index in [0.29, 0.717) is 6.61 Å². The summed E-state index contributed by atoms with van der Waals surface area (Å²) < 4.78 is 11.5. The fourth-order valence-electron chi connectivity index (χ4n) is 2.28. The van der Waals surface area contributed by atoms with Gasteiger partial charge in [-0.2, -0.15) is 0 Å². The molecule has 1 aromatic carbocycles.